The fourth-order valence-electron chi connectivity index (χ4n) is 0.870. The van der Waals surface area contributed by atoms with Gasteiger partial charge >= 0.3 is 0 Å². The van der Waals surface area contributed by atoms with E-state index in [-0.39, 0.29) is 19.0 Å². The molecule has 0 aliphatic rings. The zero-order valence-corrected chi connectivity index (χ0v) is 8.84. The third-order valence-corrected chi connectivity index (χ3v) is 2.13. The van der Waals surface area contributed by atoms with E-state index in [1.165, 1.54) is 11.0 Å². The Morgan fingerprint density at radius 2 is 2.40 bits per heavy atom. The van der Waals surface area contributed by atoms with E-state index in [0.717, 1.165) is 0 Å². The van der Waals surface area contributed by atoms with Gasteiger partial charge in [-0.2, -0.15) is 0 Å². The van der Waals surface area contributed by atoms with Crippen LogP contribution in [0.15, 0.2) is 6.33 Å². The van der Waals surface area contributed by atoms with Crippen molar-refractivity contribution in [3.8, 4) is 0 Å². The highest BCUT2D eigenvalue weighted by atomic mass is 16.3. The van der Waals surface area contributed by atoms with Gasteiger partial charge in [-0.05, 0) is 23.8 Å². The van der Waals surface area contributed by atoms with E-state index in [9.17, 15) is 9.90 Å². The third-order valence-electron chi connectivity index (χ3n) is 2.13. The highest BCUT2D eigenvalue weighted by Gasteiger charge is 2.18. The van der Waals surface area contributed by atoms with Crippen LogP contribution in [0.1, 0.15) is 20.3 Å². The number of tetrazole rings is 1. The van der Waals surface area contributed by atoms with Crippen LogP contribution in [0.3, 0.4) is 0 Å². The predicted octanol–water partition coefficient (Wildman–Crippen LogP) is -1.05. The molecule has 1 unspecified atom stereocenters. The van der Waals surface area contributed by atoms with E-state index >= 15 is 0 Å². The van der Waals surface area contributed by atoms with Crippen molar-refractivity contribution in [2.75, 3.05) is 6.54 Å². The summed E-state index contributed by atoms with van der Waals surface area (Å²) in [5, 5.41) is 22.6. The normalized spacial score (nSPS) is 14.6. The molecular weight excluding hydrogens is 198 g/mol. The number of hydrogen-bond donors (Lipinski definition) is 2. The van der Waals surface area contributed by atoms with Crippen LogP contribution in [0, 0.1) is 0 Å². The number of nitrogens with one attached hydrogen (secondary N) is 1. The topological polar surface area (TPSA) is 92.9 Å². The number of carbonyl (C=O) groups is 1. The Labute approximate surface area is 87.5 Å². The van der Waals surface area contributed by atoms with Gasteiger partial charge in [0.2, 0.25) is 5.91 Å². The monoisotopic (exact) mass is 213 g/mol. The van der Waals surface area contributed by atoms with E-state index in [2.05, 4.69) is 20.8 Å². The lowest BCUT2D eigenvalue weighted by Crippen LogP contribution is -2.41. The largest absolute Gasteiger partial charge is 0.388 e. The lowest BCUT2D eigenvalue weighted by Gasteiger charge is -2.21. The quantitative estimate of drug-likeness (QED) is 0.651. The molecule has 84 valence electrons. The highest BCUT2D eigenvalue weighted by Crippen LogP contribution is 2.05. The summed E-state index contributed by atoms with van der Waals surface area (Å²) in [6, 6.07) is 0. The van der Waals surface area contributed by atoms with Crippen molar-refractivity contribution < 1.29 is 9.90 Å². The molecule has 1 aromatic rings. The summed E-state index contributed by atoms with van der Waals surface area (Å²) in [4.78, 5) is 11.3. The maximum absolute atomic E-state index is 11.3. The molecular formula is C8H15N5O2. The van der Waals surface area contributed by atoms with Gasteiger partial charge in [0.15, 0.2) is 0 Å². The molecule has 7 nitrogen and oxygen atoms in total. The molecule has 0 bridgehead atoms. The van der Waals surface area contributed by atoms with Crippen LogP contribution in [0.4, 0.5) is 0 Å². The summed E-state index contributed by atoms with van der Waals surface area (Å²) in [5.41, 5.74) is -0.865. The number of amides is 1. The van der Waals surface area contributed by atoms with Crippen LogP contribution >= 0.6 is 0 Å². The Morgan fingerprint density at radius 1 is 1.67 bits per heavy atom. The van der Waals surface area contributed by atoms with Crippen LogP contribution < -0.4 is 5.32 Å². The second-order valence-corrected chi connectivity index (χ2v) is 3.63. The maximum Gasteiger partial charge on any atom is 0.241 e. The summed E-state index contributed by atoms with van der Waals surface area (Å²) in [6.45, 7) is 3.81. The Kier molecular flexibility index (Phi) is 3.73. The lowest BCUT2D eigenvalue weighted by atomic mass is 10.0. The van der Waals surface area contributed by atoms with Crippen molar-refractivity contribution in [1.29, 1.82) is 0 Å². The molecule has 1 aromatic heterocycles. The molecule has 0 aromatic carbocycles. The summed E-state index contributed by atoms with van der Waals surface area (Å²) in [6.07, 6.45) is 1.94. The van der Waals surface area contributed by atoms with E-state index in [1.807, 2.05) is 6.92 Å². The van der Waals surface area contributed by atoms with Crippen molar-refractivity contribution in [2.24, 2.45) is 0 Å². The van der Waals surface area contributed by atoms with E-state index < -0.39 is 5.60 Å². The minimum atomic E-state index is -0.865. The summed E-state index contributed by atoms with van der Waals surface area (Å²) < 4.78 is 1.32. The number of aliphatic hydroxyl groups is 1. The molecule has 7 heteroatoms. The van der Waals surface area contributed by atoms with Crippen LogP contribution in [0.25, 0.3) is 0 Å². The lowest BCUT2D eigenvalue weighted by molar-refractivity contribution is -0.123. The first-order valence-electron chi connectivity index (χ1n) is 4.73. The summed E-state index contributed by atoms with van der Waals surface area (Å²) in [5.74, 6) is -0.226. The minimum absolute atomic E-state index is 0.0623. The fourth-order valence-corrected chi connectivity index (χ4v) is 0.870. The first kappa shape index (κ1) is 11.6. The maximum atomic E-state index is 11.3. The molecule has 0 spiro atoms. The number of nitrogens with zero attached hydrogens (tertiary/aromatic N) is 4. The van der Waals surface area contributed by atoms with Gasteiger partial charge in [0, 0.05) is 6.54 Å². The Balaban J connectivity index is 2.31. The molecule has 2 N–H and O–H groups in total. The Bertz CT molecular complexity index is 309. The molecule has 0 fully saturated rings. The Morgan fingerprint density at radius 3 is 2.93 bits per heavy atom. The first-order chi connectivity index (χ1) is 7.03. The van der Waals surface area contributed by atoms with E-state index in [4.69, 9.17) is 0 Å². The number of hydrogen-bond acceptors (Lipinski definition) is 5. The van der Waals surface area contributed by atoms with Crippen LogP contribution in [-0.2, 0) is 11.3 Å². The second kappa shape index (κ2) is 4.83. The zero-order chi connectivity index (χ0) is 11.3. The van der Waals surface area contributed by atoms with Gasteiger partial charge < -0.3 is 10.4 Å². The first-order valence-corrected chi connectivity index (χ1v) is 4.73. The average molecular weight is 213 g/mol. The molecule has 0 aliphatic carbocycles. The molecule has 1 heterocycles. The van der Waals surface area contributed by atoms with Crippen molar-refractivity contribution in [1.82, 2.24) is 25.5 Å². The van der Waals surface area contributed by atoms with Gasteiger partial charge in [-0.1, -0.05) is 6.92 Å². The molecule has 1 rings (SSSR count). The smallest absolute Gasteiger partial charge is 0.241 e. The fraction of sp³-hybridized carbons (Fsp3) is 0.750. The average Bonchev–Trinajstić information content (AvgIpc) is 2.68. The van der Waals surface area contributed by atoms with Crippen molar-refractivity contribution in [2.45, 2.75) is 32.4 Å². The SMILES string of the molecule is CCC(C)(O)CNC(=O)Cn1cnnn1. The van der Waals surface area contributed by atoms with Gasteiger partial charge in [-0.25, -0.2) is 4.68 Å². The van der Waals surface area contributed by atoms with E-state index in [1.54, 1.807) is 6.92 Å². The summed E-state index contributed by atoms with van der Waals surface area (Å²) >= 11 is 0. The standard InChI is InChI=1S/C8H15N5O2/c1-3-8(2,15)5-9-7(14)4-13-6-10-11-12-13/h6,15H,3-5H2,1-2H3,(H,9,14). The van der Waals surface area contributed by atoms with Gasteiger partial charge in [0.25, 0.3) is 0 Å². The van der Waals surface area contributed by atoms with Crippen LogP contribution in [0.5, 0.6) is 0 Å². The number of rotatable bonds is 5. The van der Waals surface area contributed by atoms with Gasteiger partial charge in [-0.15, -0.1) is 5.10 Å². The number of aromatic nitrogens is 4. The molecule has 0 saturated heterocycles. The third kappa shape index (κ3) is 4.03. The van der Waals surface area contributed by atoms with Crippen molar-refractivity contribution in [3.05, 3.63) is 6.33 Å². The molecule has 0 radical (unpaired) electrons. The van der Waals surface area contributed by atoms with Crippen LogP contribution in [-0.4, -0.2) is 43.4 Å². The Hall–Kier alpha value is -1.50. The number of carbonyl (C=O) groups excluding carboxylic acids is 1. The summed E-state index contributed by atoms with van der Waals surface area (Å²) in [7, 11) is 0. The van der Waals surface area contributed by atoms with Gasteiger partial charge in [0.05, 0.1) is 5.60 Å². The molecule has 1 atom stereocenters. The molecule has 15 heavy (non-hydrogen) atoms. The minimum Gasteiger partial charge on any atom is -0.388 e. The van der Waals surface area contributed by atoms with Gasteiger partial charge in [0.1, 0.15) is 12.9 Å². The second-order valence-electron chi connectivity index (χ2n) is 3.63. The zero-order valence-electron chi connectivity index (χ0n) is 8.84. The van der Waals surface area contributed by atoms with Crippen LogP contribution in [0.2, 0.25) is 0 Å². The molecule has 1 amide bonds. The molecule has 0 aliphatic heterocycles. The van der Waals surface area contributed by atoms with Gasteiger partial charge in [-0.3, -0.25) is 4.79 Å². The van der Waals surface area contributed by atoms with E-state index in [0.29, 0.717) is 6.42 Å². The molecule has 0 saturated carbocycles. The van der Waals surface area contributed by atoms with Crippen molar-refractivity contribution >= 4 is 5.91 Å². The highest BCUT2D eigenvalue weighted by molar-refractivity contribution is 5.75. The predicted molar refractivity (Wildman–Crippen MR) is 51.7 cm³/mol. The van der Waals surface area contributed by atoms with Crippen molar-refractivity contribution in [3.63, 3.8) is 0 Å².